The Morgan fingerprint density at radius 3 is 1.47 bits per heavy atom. The van der Waals surface area contributed by atoms with Gasteiger partial charge in [0.15, 0.2) is 18.9 Å². The molecule has 0 spiro atoms. The molecule has 0 saturated carbocycles. The van der Waals surface area contributed by atoms with Crippen LogP contribution in [0.25, 0.3) is 10.4 Å². The highest BCUT2D eigenvalue weighted by molar-refractivity contribution is 6.99. The third-order valence-electron chi connectivity index (χ3n) is 14.4. The minimum absolute atomic E-state index is 0.0293. The molecule has 0 aliphatic carbocycles. The first-order valence-electron chi connectivity index (χ1n) is 26.5. The van der Waals surface area contributed by atoms with Gasteiger partial charge in [-0.05, 0) is 43.2 Å². The monoisotopic (exact) mass is 1050 g/mol. The summed E-state index contributed by atoms with van der Waals surface area (Å²) >= 11 is 0. The van der Waals surface area contributed by atoms with E-state index in [0.29, 0.717) is 0 Å². The minimum atomic E-state index is -3.39. The largest absolute Gasteiger partial charge is 0.382 e. The van der Waals surface area contributed by atoms with Crippen LogP contribution in [-0.2, 0) is 73.5 Å². The summed E-state index contributed by atoms with van der Waals surface area (Å²) in [6, 6.07) is 69.1. The predicted molar refractivity (Wildman–Crippen MR) is 295 cm³/mol. The molecule has 0 amide bonds. The maximum absolute atomic E-state index is 10.7. The Balaban J connectivity index is 1.08. The van der Waals surface area contributed by atoms with Crippen LogP contribution in [0.2, 0.25) is 5.04 Å². The highest BCUT2D eigenvalue weighted by Gasteiger charge is 2.59. The zero-order valence-electron chi connectivity index (χ0n) is 43.7. The SMILES string of the molecule is CC(C)(C)[Si](O[C@@H]1O[C@H](COCc2ccccc2)[C@@H](O[C@@H]2O[C@@H]3COC(c4ccccc4)O[C@@H]3[C@H](OCc3ccccc3)[C@H]2OCc2ccccc2)[C@H](OCc2ccccc2)[C@H]1N=[N+]=[N-])(c1ccccc1)c1ccccc1. The van der Waals surface area contributed by atoms with E-state index in [-0.39, 0.29) is 39.6 Å². The highest BCUT2D eigenvalue weighted by atomic mass is 28.4. The molecule has 7 aromatic rings. The van der Waals surface area contributed by atoms with Crippen molar-refractivity contribution in [3.05, 3.63) is 251 Å². The summed E-state index contributed by atoms with van der Waals surface area (Å²) in [5.41, 5.74) is 15.3. The number of benzene rings is 7. The quantitative estimate of drug-likeness (QED) is 0.0296. The van der Waals surface area contributed by atoms with Gasteiger partial charge in [0, 0.05) is 10.5 Å². The molecule has 14 heteroatoms. The molecular weight excluding hydrogens is 987 g/mol. The number of ether oxygens (including phenoxy) is 9. The molecule has 13 nitrogen and oxygen atoms in total. The Hall–Kier alpha value is -6.33. The topological polar surface area (TPSA) is 141 Å². The third kappa shape index (κ3) is 13.0. The van der Waals surface area contributed by atoms with Crippen LogP contribution >= 0.6 is 0 Å². The van der Waals surface area contributed by atoms with Crippen molar-refractivity contribution in [2.75, 3.05) is 13.2 Å². The summed E-state index contributed by atoms with van der Waals surface area (Å²) < 4.78 is 70.8. The molecule has 3 saturated heterocycles. The first kappa shape index (κ1) is 54.0. The number of azide groups is 1. The van der Waals surface area contributed by atoms with Crippen LogP contribution in [0.4, 0.5) is 0 Å². The molecule has 0 aromatic heterocycles. The van der Waals surface area contributed by atoms with Crippen LogP contribution in [0.15, 0.2) is 217 Å². The zero-order valence-corrected chi connectivity index (χ0v) is 44.7. The van der Waals surface area contributed by atoms with Crippen molar-refractivity contribution in [3.63, 3.8) is 0 Å². The summed E-state index contributed by atoms with van der Waals surface area (Å²) in [6.45, 7) is 7.64. The van der Waals surface area contributed by atoms with Crippen LogP contribution in [0, 0.1) is 0 Å². The molecule has 0 radical (unpaired) electrons. The van der Waals surface area contributed by atoms with E-state index < -0.39 is 81.0 Å². The van der Waals surface area contributed by atoms with Gasteiger partial charge in [0.1, 0.15) is 48.8 Å². The van der Waals surface area contributed by atoms with Crippen molar-refractivity contribution in [2.45, 2.75) is 120 Å². The molecule has 10 rings (SSSR count). The molecule has 7 aromatic carbocycles. The normalized spacial score (nSPS) is 25.5. The fourth-order valence-corrected chi connectivity index (χ4v) is 15.2. The van der Waals surface area contributed by atoms with Gasteiger partial charge in [-0.15, -0.1) is 0 Å². The first-order valence-corrected chi connectivity index (χ1v) is 28.4. The number of rotatable bonds is 21. The Morgan fingerprint density at radius 2 is 0.974 bits per heavy atom. The van der Waals surface area contributed by atoms with Gasteiger partial charge in [-0.1, -0.05) is 238 Å². The Morgan fingerprint density at radius 1 is 0.519 bits per heavy atom. The van der Waals surface area contributed by atoms with Crippen LogP contribution in [0.1, 0.15) is 54.9 Å². The Kier molecular flexibility index (Phi) is 18.2. The average Bonchev–Trinajstić information content (AvgIpc) is 3.51. The first-order chi connectivity index (χ1) is 37.8. The smallest absolute Gasteiger partial charge is 0.264 e. The standard InChI is InChI=1S/C63H67N3O10Si/c1-63(2,3)77(50-35-21-9-22-36-50,51-37-23-10-24-38-51)76-61-54(65-66-64)57(68-40-46-27-13-5-14-28-46)55(52(72-61)43-67-39-45-25-11-4-12-26-45)75-62-59(70-42-48-31-17-7-18-32-48)58(69-41-47-29-15-6-16-30-47)56-53(73-62)44-71-60(74-56)49-33-19-8-20-34-49/h4-38,52-62H,39-44H2,1-3H3/t52-,53-,54-,55-,56+,57-,58+,59-,60?,61+,62+/m1/s1. The van der Waals surface area contributed by atoms with E-state index in [2.05, 4.69) is 55.1 Å². The van der Waals surface area contributed by atoms with Gasteiger partial charge < -0.3 is 47.1 Å². The summed E-state index contributed by atoms with van der Waals surface area (Å²) in [6.07, 6.45) is -8.89. The molecular formula is C63H67N3O10Si. The molecule has 0 bridgehead atoms. The highest BCUT2D eigenvalue weighted by Crippen LogP contribution is 2.43. The van der Waals surface area contributed by atoms with Gasteiger partial charge in [0.2, 0.25) is 0 Å². The van der Waals surface area contributed by atoms with Crippen molar-refractivity contribution < 1.29 is 47.1 Å². The van der Waals surface area contributed by atoms with E-state index in [4.69, 9.17) is 47.1 Å². The van der Waals surface area contributed by atoms with Crippen molar-refractivity contribution in [3.8, 4) is 0 Å². The fraction of sp³-hybridized carbons (Fsp3) is 0.333. The van der Waals surface area contributed by atoms with E-state index in [9.17, 15) is 5.53 Å². The lowest BCUT2D eigenvalue weighted by Crippen LogP contribution is -2.71. The van der Waals surface area contributed by atoms with E-state index in [1.807, 2.05) is 188 Å². The molecule has 11 atom stereocenters. The lowest BCUT2D eigenvalue weighted by atomic mass is 9.95. The molecule has 3 heterocycles. The van der Waals surface area contributed by atoms with Crippen LogP contribution in [0.5, 0.6) is 0 Å². The summed E-state index contributed by atoms with van der Waals surface area (Å²) in [4.78, 5) is 3.49. The van der Waals surface area contributed by atoms with Gasteiger partial charge in [0.25, 0.3) is 8.32 Å². The maximum Gasteiger partial charge on any atom is 0.264 e. The van der Waals surface area contributed by atoms with Gasteiger partial charge in [-0.25, -0.2) is 0 Å². The molecule has 3 fully saturated rings. The van der Waals surface area contributed by atoms with E-state index in [1.54, 1.807) is 0 Å². The summed E-state index contributed by atoms with van der Waals surface area (Å²) in [5, 5.41) is 6.14. The maximum atomic E-state index is 10.7. The van der Waals surface area contributed by atoms with Gasteiger partial charge in [0.05, 0.1) is 39.6 Å². The third-order valence-corrected chi connectivity index (χ3v) is 19.4. The summed E-state index contributed by atoms with van der Waals surface area (Å²) in [5.74, 6) is 0. The number of hydrogen-bond acceptors (Lipinski definition) is 11. The zero-order chi connectivity index (χ0) is 52.9. The predicted octanol–water partition coefficient (Wildman–Crippen LogP) is 11.2. The second-order valence-corrected chi connectivity index (χ2v) is 24.9. The lowest BCUT2D eigenvalue weighted by molar-refractivity contribution is -0.390. The molecule has 77 heavy (non-hydrogen) atoms. The van der Waals surface area contributed by atoms with E-state index >= 15 is 0 Å². The second-order valence-electron chi connectivity index (χ2n) is 20.6. The van der Waals surface area contributed by atoms with Crippen molar-refractivity contribution >= 4 is 18.7 Å². The number of hydrogen-bond donors (Lipinski definition) is 0. The average molecular weight is 1050 g/mol. The fourth-order valence-electron chi connectivity index (χ4n) is 10.6. The molecule has 398 valence electrons. The van der Waals surface area contributed by atoms with Crippen LogP contribution in [0.3, 0.4) is 0 Å². The Labute approximate surface area is 452 Å². The van der Waals surface area contributed by atoms with Gasteiger partial charge in [-0.3, -0.25) is 0 Å². The van der Waals surface area contributed by atoms with Crippen molar-refractivity contribution in [1.82, 2.24) is 0 Å². The molecule has 3 aliphatic heterocycles. The minimum Gasteiger partial charge on any atom is -0.382 e. The second kappa shape index (κ2) is 25.9. The molecule has 3 aliphatic rings. The van der Waals surface area contributed by atoms with Crippen molar-refractivity contribution in [2.24, 2.45) is 5.11 Å². The number of nitrogens with zero attached hydrogens (tertiary/aromatic N) is 3. The van der Waals surface area contributed by atoms with Gasteiger partial charge >= 0.3 is 0 Å². The van der Waals surface area contributed by atoms with Crippen LogP contribution in [-0.4, -0.2) is 82.9 Å². The number of fused-ring (bicyclic) bond motifs is 1. The Bertz CT molecular complexity index is 2870. The van der Waals surface area contributed by atoms with Crippen molar-refractivity contribution in [1.29, 1.82) is 0 Å². The van der Waals surface area contributed by atoms with Crippen LogP contribution < -0.4 is 10.4 Å². The molecule has 1 unspecified atom stereocenters. The van der Waals surface area contributed by atoms with E-state index in [0.717, 1.165) is 38.2 Å². The molecule has 0 N–H and O–H groups in total. The van der Waals surface area contributed by atoms with E-state index in [1.165, 1.54) is 0 Å². The van der Waals surface area contributed by atoms with Gasteiger partial charge in [-0.2, -0.15) is 0 Å². The lowest BCUT2D eigenvalue weighted by Gasteiger charge is -2.52. The summed E-state index contributed by atoms with van der Waals surface area (Å²) in [7, 11) is -3.39.